The van der Waals surface area contributed by atoms with Crippen molar-refractivity contribution in [2.75, 3.05) is 39.6 Å². The first kappa shape index (κ1) is 28.2. The number of nitrogen functional groups attached to an aromatic ring is 1. The Morgan fingerprint density at radius 1 is 0.884 bits per heavy atom. The van der Waals surface area contributed by atoms with Gasteiger partial charge in [-0.05, 0) is 88.8 Å². The van der Waals surface area contributed by atoms with Gasteiger partial charge in [0.25, 0.3) is 0 Å². The Labute approximate surface area is 251 Å². The largest absolute Gasteiger partial charge is 0.493 e. The standard InChI is InChI=1S/C33H35N7O3/c1-41-31-18-25-12-16-39(22-26(25)19-32(31)42-2)15-11-23-5-7-27(8-6-23)40-37-33(36-38-40)29-20-28(9-10-30(29)34)43-17-13-24-4-3-14-35-21-24/h3-10,14,18-21H,11-13,15-17,22,34H2,1-2H3. The van der Waals surface area contributed by atoms with Gasteiger partial charge in [0.05, 0.1) is 26.5 Å². The van der Waals surface area contributed by atoms with Gasteiger partial charge in [0, 0.05) is 49.7 Å². The third-order valence-corrected chi connectivity index (χ3v) is 7.74. The molecule has 5 aromatic rings. The molecule has 1 aliphatic rings. The molecule has 10 heteroatoms. The smallest absolute Gasteiger partial charge is 0.207 e. The van der Waals surface area contributed by atoms with Crippen LogP contribution in [0.25, 0.3) is 17.1 Å². The molecule has 6 rings (SSSR count). The van der Waals surface area contributed by atoms with Gasteiger partial charge in [-0.1, -0.05) is 18.2 Å². The number of nitrogens with zero attached hydrogens (tertiary/aromatic N) is 6. The topological polar surface area (TPSA) is 113 Å². The molecule has 3 heterocycles. The predicted octanol–water partition coefficient (Wildman–Crippen LogP) is 4.55. The number of rotatable bonds is 11. The van der Waals surface area contributed by atoms with Crippen molar-refractivity contribution in [1.29, 1.82) is 0 Å². The molecule has 0 saturated heterocycles. The number of ether oxygens (including phenoxy) is 3. The van der Waals surface area contributed by atoms with Gasteiger partial charge in [-0.2, -0.15) is 0 Å². The van der Waals surface area contributed by atoms with Gasteiger partial charge >= 0.3 is 0 Å². The van der Waals surface area contributed by atoms with E-state index in [0.29, 0.717) is 29.4 Å². The summed E-state index contributed by atoms with van der Waals surface area (Å²) in [7, 11) is 3.36. The first-order valence-corrected chi connectivity index (χ1v) is 14.4. The van der Waals surface area contributed by atoms with Crippen LogP contribution in [-0.4, -0.2) is 64.0 Å². The summed E-state index contributed by atoms with van der Waals surface area (Å²) in [6, 6.07) is 22.0. The van der Waals surface area contributed by atoms with E-state index in [2.05, 4.69) is 49.6 Å². The zero-order valence-corrected chi connectivity index (χ0v) is 24.4. The quantitative estimate of drug-likeness (QED) is 0.226. The van der Waals surface area contributed by atoms with E-state index in [9.17, 15) is 0 Å². The van der Waals surface area contributed by atoms with Gasteiger partial charge in [-0.15, -0.1) is 15.0 Å². The predicted molar refractivity (Wildman–Crippen MR) is 165 cm³/mol. The summed E-state index contributed by atoms with van der Waals surface area (Å²) in [6.07, 6.45) is 6.31. The molecule has 0 amide bonds. The van der Waals surface area contributed by atoms with Crippen LogP contribution in [0, 0.1) is 0 Å². The molecule has 2 N–H and O–H groups in total. The van der Waals surface area contributed by atoms with E-state index in [1.54, 1.807) is 26.5 Å². The highest BCUT2D eigenvalue weighted by Gasteiger charge is 2.19. The molecule has 0 spiro atoms. The van der Waals surface area contributed by atoms with Crippen molar-refractivity contribution in [1.82, 2.24) is 30.1 Å². The van der Waals surface area contributed by atoms with Gasteiger partial charge in [-0.25, -0.2) is 0 Å². The van der Waals surface area contributed by atoms with Crippen molar-refractivity contribution in [3.05, 3.63) is 101 Å². The number of tetrazole rings is 1. The number of hydrogen-bond donors (Lipinski definition) is 1. The fourth-order valence-corrected chi connectivity index (χ4v) is 5.30. The summed E-state index contributed by atoms with van der Waals surface area (Å²) < 4.78 is 16.9. The fourth-order valence-electron chi connectivity index (χ4n) is 5.30. The third kappa shape index (κ3) is 6.60. The molecule has 0 aliphatic carbocycles. The molecule has 220 valence electrons. The van der Waals surface area contributed by atoms with E-state index >= 15 is 0 Å². The maximum atomic E-state index is 6.26. The molecule has 0 atom stereocenters. The van der Waals surface area contributed by atoms with E-state index in [-0.39, 0.29) is 0 Å². The number of benzene rings is 3. The fraction of sp³-hybridized carbons (Fsp3) is 0.273. The Balaban J connectivity index is 1.06. The Morgan fingerprint density at radius 2 is 1.70 bits per heavy atom. The summed E-state index contributed by atoms with van der Waals surface area (Å²) >= 11 is 0. The van der Waals surface area contributed by atoms with Gasteiger partial charge in [-0.3, -0.25) is 9.88 Å². The van der Waals surface area contributed by atoms with E-state index in [1.165, 1.54) is 21.5 Å². The van der Waals surface area contributed by atoms with Crippen LogP contribution in [0.5, 0.6) is 17.2 Å². The molecular weight excluding hydrogens is 542 g/mol. The minimum absolute atomic E-state index is 0.443. The van der Waals surface area contributed by atoms with E-state index in [0.717, 1.165) is 61.6 Å². The Kier molecular flexibility index (Phi) is 8.46. The van der Waals surface area contributed by atoms with Gasteiger partial charge < -0.3 is 19.9 Å². The summed E-state index contributed by atoms with van der Waals surface area (Å²) in [6.45, 7) is 3.42. The lowest BCUT2D eigenvalue weighted by molar-refractivity contribution is 0.255. The Bertz CT molecular complexity index is 1670. The average Bonchev–Trinajstić information content (AvgIpc) is 3.54. The number of methoxy groups -OCH3 is 2. The zero-order valence-electron chi connectivity index (χ0n) is 24.4. The Hall–Kier alpha value is -4.96. The lowest BCUT2D eigenvalue weighted by Crippen LogP contribution is -2.32. The van der Waals surface area contributed by atoms with Crippen LogP contribution in [0.3, 0.4) is 0 Å². The molecule has 1 aliphatic heterocycles. The zero-order chi connectivity index (χ0) is 29.6. The number of nitrogens with two attached hydrogens (primary N) is 1. The van der Waals surface area contributed by atoms with Crippen molar-refractivity contribution in [3.8, 4) is 34.3 Å². The van der Waals surface area contributed by atoms with Crippen LogP contribution in [0.15, 0.2) is 79.1 Å². The van der Waals surface area contributed by atoms with E-state index < -0.39 is 0 Å². The third-order valence-electron chi connectivity index (χ3n) is 7.74. The molecule has 0 unspecified atom stereocenters. The lowest BCUT2D eigenvalue weighted by Gasteiger charge is -2.29. The highest BCUT2D eigenvalue weighted by molar-refractivity contribution is 5.72. The second-order valence-electron chi connectivity index (χ2n) is 10.5. The SMILES string of the molecule is COc1cc2c(cc1OC)CN(CCc1ccc(-n3nnc(-c4cc(OCCc5cccnc5)ccc4N)n3)cc1)CC2. The molecule has 0 saturated carbocycles. The van der Waals surface area contributed by atoms with Crippen LogP contribution < -0.4 is 19.9 Å². The minimum atomic E-state index is 0.443. The Morgan fingerprint density at radius 3 is 2.47 bits per heavy atom. The van der Waals surface area contributed by atoms with Crippen molar-refractivity contribution >= 4 is 5.69 Å². The van der Waals surface area contributed by atoms with Crippen molar-refractivity contribution in [3.63, 3.8) is 0 Å². The van der Waals surface area contributed by atoms with Crippen molar-refractivity contribution < 1.29 is 14.2 Å². The summed E-state index contributed by atoms with van der Waals surface area (Å²) in [4.78, 5) is 8.15. The molecular formula is C33H35N7O3. The maximum absolute atomic E-state index is 6.26. The summed E-state index contributed by atoms with van der Waals surface area (Å²) in [5.41, 5.74) is 13.3. The van der Waals surface area contributed by atoms with Crippen molar-refractivity contribution in [2.24, 2.45) is 0 Å². The molecule has 2 aromatic heterocycles. The first-order chi connectivity index (χ1) is 21.1. The number of aromatic nitrogens is 5. The average molecular weight is 578 g/mol. The molecule has 3 aromatic carbocycles. The second kappa shape index (κ2) is 12.9. The number of anilines is 1. The molecule has 0 fully saturated rings. The molecule has 10 nitrogen and oxygen atoms in total. The lowest BCUT2D eigenvalue weighted by atomic mass is 9.98. The number of fused-ring (bicyclic) bond motifs is 1. The highest BCUT2D eigenvalue weighted by Crippen LogP contribution is 2.33. The van der Waals surface area contributed by atoms with Gasteiger partial charge in [0.15, 0.2) is 11.5 Å². The summed E-state index contributed by atoms with van der Waals surface area (Å²) in [5.74, 6) is 2.72. The van der Waals surface area contributed by atoms with Crippen LogP contribution in [-0.2, 0) is 25.8 Å². The van der Waals surface area contributed by atoms with Gasteiger partial charge in [0.2, 0.25) is 5.82 Å². The molecule has 43 heavy (non-hydrogen) atoms. The van der Waals surface area contributed by atoms with Gasteiger partial charge in [0.1, 0.15) is 5.75 Å². The van der Waals surface area contributed by atoms with E-state index in [4.69, 9.17) is 19.9 Å². The maximum Gasteiger partial charge on any atom is 0.207 e. The van der Waals surface area contributed by atoms with Crippen LogP contribution in [0.1, 0.15) is 22.3 Å². The number of hydrogen-bond acceptors (Lipinski definition) is 9. The minimum Gasteiger partial charge on any atom is -0.493 e. The summed E-state index contributed by atoms with van der Waals surface area (Å²) in [5, 5.41) is 13.1. The van der Waals surface area contributed by atoms with E-state index in [1.807, 2.05) is 42.6 Å². The van der Waals surface area contributed by atoms with Crippen LogP contribution >= 0.6 is 0 Å². The number of pyridine rings is 1. The highest BCUT2D eigenvalue weighted by atomic mass is 16.5. The monoisotopic (exact) mass is 577 g/mol. The van der Waals surface area contributed by atoms with Crippen LogP contribution in [0.4, 0.5) is 5.69 Å². The van der Waals surface area contributed by atoms with Crippen molar-refractivity contribution in [2.45, 2.75) is 25.8 Å². The second-order valence-corrected chi connectivity index (χ2v) is 10.5. The van der Waals surface area contributed by atoms with Crippen LogP contribution in [0.2, 0.25) is 0 Å². The molecule has 0 bridgehead atoms. The molecule has 0 radical (unpaired) electrons. The first-order valence-electron chi connectivity index (χ1n) is 14.4. The normalized spacial score (nSPS) is 13.0.